The largest absolute Gasteiger partial charge is 0.473 e. The Morgan fingerprint density at radius 3 is 1.33 bits per heavy atom. The molecule has 0 amide bonds. The molecular formula is C62H67N51O8S9. The summed E-state index contributed by atoms with van der Waals surface area (Å²) in [6.07, 6.45) is 55.6. The zero-order chi connectivity index (χ0) is 91.7. The quantitative estimate of drug-likeness (QED) is 0.0743. The number of aromatic amines is 7. The number of oxazole rings is 1. The third kappa shape index (κ3) is 90.9. The molecule has 0 aliphatic heterocycles. The van der Waals surface area contributed by atoms with Gasteiger partial charge in [-0.05, 0) is 127 Å². The first kappa shape index (κ1) is 108. The van der Waals surface area contributed by atoms with Crippen LogP contribution in [0.4, 0.5) is 0 Å². The Labute approximate surface area is 765 Å². The highest BCUT2D eigenvalue weighted by Gasteiger charge is 1.91. The first-order valence-electron chi connectivity index (χ1n) is 33.5. The summed E-state index contributed by atoms with van der Waals surface area (Å²) in [5.74, 6) is 0. The van der Waals surface area contributed by atoms with Gasteiger partial charge in [0, 0.05) is 77.2 Å². The number of thiophene rings is 1. The number of thiazole rings is 1. The highest BCUT2D eigenvalue weighted by Crippen LogP contribution is 2.04. The summed E-state index contributed by atoms with van der Waals surface area (Å²) in [4.78, 5) is 27.2. The molecule has 59 nitrogen and oxygen atoms in total. The van der Waals surface area contributed by atoms with Crippen molar-refractivity contribution in [2.75, 3.05) is 0 Å². The minimum atomic E-state index is 0.914. The lowest BCUT2D eigenvalue weighted by molar-refractivity contribution is 0.292. The molecule has 672 valence electrons. The Balaban J connectivity index is 0.000000459. The maximum Gasteiger partial charge on any atom is 0.235 e. The normalized spacial score (nSPS) is 8.15. The van der Waals surface area contributed by atoms with E-state index in [9.17, 15) is 0 Å². The zero-order valence-corrected chi connectivity index (χ0v) is 73.1. The number of fused-ring (bicyclic) bond motifs is 1. The lowest BCUT2D eigenvalue weighted by Gasteiger charge is -1.78. The molecule has 0 aliphatic carbocycles. The van der Waals surface area contributed by atoms with Gasteiger partial charge in [-0.2, -0.15) is 75.1 Å². The Hall–Kier alpha value is -17.9. The van der Waals surface area contributed by atoms with Crippen LogP contribution in [0.3, 0.4) is 0 Å². The van der Waals surface area contributed by atoms with Gasteiger partial charge in [0.1, 0.15) is 64.6 Å². The molecule has 0 fully saturated rings. The second kappa shape index (κ2) is 99.9. The average Bonchev–Trinajstić information content (AvgIpc) is 1.74. The van der Waals surface area contributed by atoms with E-state index in [1.165, 1.54) is 164 Å². The molecule has 1 aromatic carbocycles. The van der Waals surface area contributed by atoms with Gasteiger partial charge in [-0.15, -0.1) is 78.8 Å². The molecule has 130 heavy (non-hydrogen) atoms. The fraction of sp³-hybridized carbons (Fsp3) is 0. The highest BCUT2D eigenvalue weighted by molar-refractivity contribution is 7.08. The first-order chi connectivity index (χ1) is 65.0. The number of tetrazole rings is 1. The molecular weight excluding hydrogens is 1880 g/mol. The molecule has 25 aromatic heterocycles. The first-order valence-corrected chi connectivity index (χ1v) is 41.1. The van der Waals surface area contributed by atoms with Gasteiger partial charge in [-0.1, -0.05) is 73.8 Å². The van der Waals surface area contributed by atoms with Crippen LogP contribution >= 0.6 is 104 Å². The van der Waals surface area contributed by atoms with Crippen LogP contribution in [0.5, 0.6) is 0 Å². The maximum atomic E-state index is 4.58. The standard InChI is InChI=1S/C6H5N3.C4H5N.C4H4O.C4H4S.C3H3N3.2C3H4N2.2C3H3NO.2C3H3NS.2C2H3N3.3C2H2N2O.4C2H2N2S.CH2N4.2CHN3O.2CHN3S/c1-2-4-6-5(3-1)7-9-8-6;3*1-2-4-5-3-1;1-2-4-6-5-3-1;1-2-5-3-4-1;1-2-4-5-3-1;1-2-5-3-4-1;1-2-4-5-3-1;1-2-5-3-4-1;1-2-4-5-3-1;1-3-2-5-4-1;1-2-4-5-3-1;1-3-4-2-5-1;1-3-2-5-4-1;1-2-4-5-3-1;1-3-4-2-5-1;1-3-2-5-4-1;1-2-5-4-3-1;2*1-2-4-5-3-1;1-2-3-4-5-1;1-2-4-5-3-1;1-2-3-4-5-1;1-2-4-5-3-1/h1-4H,(H,7,8,9);1-5H;2*1-4H;1-3H;2*1-3H,(H,4,5);4*1-3H;2*1-2H,(H,3,4,5);7*1-2H;1H,(H,2,3,4,5);4*1H. The third-order valence-electron chi connectivity index (χ3n) is 9.01. The van der Waals surface area contributed by atoms with Crippen LogP contribution in [-0.4, -0.2) is 255 Å². The predicted octanol–water partition coefficient (Wildman–Crippen LogP) is 9.29. The van der Waals surface area contributed by atoms with Crippen molar-refractivity contribution < 1.29 is 36.1 Å². The number of nitrogens with one attached hydrogen (secondary N) is 7. The smallest absolute Gasteiger partial charge is 0.235 e. The van der Waals surface area contributed by atoms with Gasteiger partial charge < -0.3 is 36.8 Å². The van der Waals surface area contributed by atoms with Crippen LogP contribution in [0.1, 0.15) is 0 Å². The number of para-hydroxylation sites is 2. The second-order valence-corrected chi connectivity index (χ2v) is 23.2. The van der Waals surface area contributed by atoms with Crippen LogP contribution in [0, 0.1) is 0 Å². The summed E-state index contributed by atoms with van der Waals surface area (Å²) < 4.78 is 62.7. The van der Waals surface area contributed by atoms with Crippen LogP contribution in [0.15, 0.2) is 401 Å². The molecule has 0 bridgehead atoms. The lowest BCUT2D eigenvalue weighted by atomic mass is 10.3. The SMILES string of the molecule is c1c[nH]cn1.c1cc[nH]c1.c1ccc2n[nH]nc2c1.c1ccoc1.c1ccsc1.c1cn[nH]c1.c1cn[nH]n1.c1cnnnc1.c1cnoc1.c1cnon1.c1cnsc1.c1cnsn1.c1cocn1.c1cscn1.c1csnn1.c1nc[nH]n1.c1ncon1.c1ncsn1.c1nn[nH]n1.c1nnco1.c1nncs1.c1nnno1.c1nnns1.c1nnon1.c1nnsn1. The van der Waals surface area contributed by atoms with Crippen LogP contribution in [0.25, 0.3) is 11.0 Å². The van der Waals surface area contributed by atoms with E-state index in [1.807, 2.05) is 112 Å². The van der Waals surface area contributed by atoms with E-state index in [1.54, 1.807) is 174 Å². The minimum Gasteiger partial charge on any atom is -0.473 e. The molecule has 0 radical (unpaired) electrons. The summed E-state index contributed by atoms with van der Waals surface area (Å²) in [7, 11) is 0. The predicted molar refractivity (Wildman–Crippen MR) is 461 cm³/mol. The summed E-state index contributed by atoms with van der Waals surface area (Å²) in [5, 5.41) is 123. The molecule has 0 spiro atoms. The lowest BCUT2D eigenvalue weighted by Crippen LogP contribution is -1.78. The Kier molecular flexibility index (Phi) is 83.2. The number of hydrogen-bond acceptors (Lipinski definition) is 61. The van der Waals surface area contributed by atoms with Crippen molar-refractivity contribution in [1.29, 1.82) is 0 Å². The Bertz CT molecular complexity index is 3710. The van der Waals surface area contributed by atoms with Crippen molar-refractivity contribution in [2.45, 2.75) is 0 Å². The molecule has 0 aliphatic rings. The molecule has 68 heteroatoms. The molecule has 0 atom stereocenters. The number of rotatable bonds is 0. The van der Waals surface area contributed by atoms with Gasteiger partial charge in [-0.25, -0.2) is 38.6 Å². The van der Waals surface area contributed by atoms with Gasteiger partial charge in [0.2, 0.25) is 25.6 Å². The van der Waals surface area contributed by atoms with Crippen molar-refractivity contribution in [3.8, 4) is 0 Å². The van der Waals surface area contributed by atoms with Gasteiger partial charge >= 0.3 is 0 Å². The molecule has 0 saturated carbocycles. The fourth-order valence-corrected chi connectivity index (χ4v) is 7.36. The maximum absolute atomic E-state index is 4.58. The van der Waals surface area contributed by atoms with E-state index >= 15 is 0 Å². The van der Waals surface area contributed by atoms with Gasteiger partial charge in [0.05, 0.1) is 127 Å². The van der Waals surface area contributed by atoms with Crippen LogP contribution in [0.2, 0.25) is 0 Å². The topological polar surface area (TPSA) is 783 Å². The molecule has 26 aromatic rings. The molecule has 0 unspecified atom stereocenters. The minimum absolute atomic E-state index is 0.914. The van der Waals surface area contributed by atoms with Crippen molar-refractivity contribution in [3.63, 3.8) is 0 Å². The summed E-state index contributed by atoms with van der Waals surface area (Å²) in [6.45, 7) is 0. The average molecular weight is 1940 g/mol. The van der Waals surface area contributed by atoms with E-state index in [0.717, 1.165) is 29.2 Å². The molecule has 26 rings (SSSR count). The Morgan fingerprint density at radius 1 is 0.277 bits per heavy atom. The van der Waals surface area contributed by atoms with Gasteiger partial charge in [0.25, 0.3) is 0 Å². The Morgan fingerprint density at radius 2 is 1.11 bits per heavy atom. The summed E-state index contributed by atoms with van der Waals surface area (Å²) in [6, 6.07) is 26.5. The van der Waals surface area contributed by atoms with Crippen molar-refractivity contribution in [1.82, 2.24) is 255 Å². The van der Waals surface area contributed by atoms with Crippen molar-refractivity contribution in [2.24, 2.45) is 0 Å². The van der Waals surface area contributed by atoms with E-state index < -0.39 is 0 Å². The second-order valence-electron chi connectivity index (χ2n) is 17.3. The number of aromatic nitrogens is 51. The molecule has 25 heterocycles. The van der Waals surface area contributed by atoms with E-state index in [4.69, 9.17) is 0 Å². The molecule has 7 N–H and O–H groups in total. The van der Waals surface area contributed by atoms with Crippen LogP contribution < -0.4 is 0 Å². The fourth-order valence-electron chi connectivity index (χ4n) is 4.69. The number of furan rings is 1. The number of benzene rings is 1. The number of H-pyrrole nitrogens is 7. The van der Waals surface area contributed by atoms with E-state index in [0.29, 0.717) is 0 Å². The van der Waals surface area contributed by atoms with Gasteiger partial charge in [-0.3, -0.25) is 15.2 Å². The third-order valence-corrected chi connectivity index (χ3v) is 13.1. The zero-order valence-electron chi connectivity index (χ0n) is 65.8. The van der Waals surface area contributed by atoms with Crippen molar-refractivity contribution in [3.05, 3.63) is 365 Å². The van der Waals surface area contributed by atoms with Gasteiger partial charge in [0.15, 0.2) is 31.7 Å². The molecule has 0 saturated heterocycles. The van der Waals surface area contributed by atoms with Crippen LogP contribution in [-0.2, 0) is 0 Å². The highest BCUT2D eigenvalue weighted by atomic mass is 32.1. The van der Waals surface area contributed by atoms with E-state index in [-0.39, 0.29) is 0 Å². The number of hydrogen-bond donors (Lipinski definition) is 7. The monoisotopic (exact) mass is 1940 g/mol. The summed E-state index contributed by atoms with van der Waals surface area (Å²) >= 11 is 12.5. The number of imidazole rings is 1. The summed E-state index contributed by atoms with van der Waals surface area (Å²) in [5.41, 5.74) is 10.2. The van der Waals surface area contributed by atoms with Crippen molar-refractivity contribution >= 4 is 115 Å². The van der Waals surface area contributed by atoms with E-state index in [2.05, 4.69) is 291 Å². The number of nitrogens with zero attached hydrogens (tertiary/aromatic N) is 44.